The minimum Gasteiger partial charge on any atom is -0.497 e. The van der Waals surface area contributed by atoms with Crippen molar-refractivity contribution < 1.29 is 23.4 Å². The van der Waals surface area contributed by atoms with Gasteiger partial charge in [0, 0.05) is 12.6 Å². The molecule has 2 aromatic rings. The van der Waals surface area contributed by atoms with Gasteiger partial charge < -0.3 is 18.6 Å². The molecule has 35 heavy (non-hydrogen) atoms. The summed E-state index contributed by atoms with van der Waals surface area (Å²) in [4.78, 5) is 28.9. The first-order valence-electron chi connectivity index (χ1n) is 11.9. The number of nitrogens with zero attached hydrogens (tertiary/aromatic N) is 2. The lowest BCUT2D eigenvalue weighted by Gasteiger charge is -2.39. The van der Waals surface area contributed by atoms with E-state index in [1.807, 2.05) is 0 Å². The first-order chi connectivity index (χ1) is 16.4. The maximum atomic E-state index is 12.7. The zero-order chi connectivity index (χ0) is 25.8. The summed E-state index contributed by atoms with van der Waals surface area (Å²) in [7, 11) is -0.402. The van der Waals surface area contributed by atoms with E-state index >= 15 is 0 Å². The van der Waals surface area contributed by atoms with Gasteiger partial charge in [0.25, 0.3) is 0 Å². The van der Waals surface area contributed by atoms with E-state index in [0.29, 0.717) is 6.42 Å². The minimum atomic E-state index is -1.99. The van der Waals surface area contributed by atoms with Gasteiger partial charge in [-0.25, -0.2) is 9.59 Å². The summed E-state index contributed by atoms with van der Waals surface area (Å²) in [6.07, 6.45) is 1.61. The molecule has 1 aliphatic heterocycles. The molecule has 1 saturated heterocycles. The molecule has 0 radical (unpaired) electrons. The molecule has 0 spiro atoms. The van der Waals surface area contributed by atoms with Gasteiger partial charge in [0.2, 0.25) is 0 Å². The Bertz CT molecular complexity index is 1060. The lowest BCUT2D eigenvalue weighted by atomic mass is 10.1. The predicted molar refractivity (Wildman–Crippen MR) is 136 cm³/mol. The topological polar surface area (TPSA) is 101 Å². The molecule has 0 saturated carbocycles. The molecular weight excluding hydrogens is 466 g/mol. The predicted octanol–water partition coefficient (Wildman–Crippen LogP) is 5.09. The molecule has 3 rings (SSSR count). The molecule has 1 N–H and O–H groups in total. The molecule has 0 aliphatic carbocycles. The van der Waals surface area contributed by atoms with E-state index in [2.05, 4.69) is 51.1 Å². The lowest BCUT2D eigenvalue weighted by molar-refractivity contribution is -0.0197. The number of hydrogen-bond donors (Lipinski definition) is 1. The minimum absolute atomic E-state index is 0.0801. The summed E-state index contributed by atoms with van der Waals surface area (Å²) in [5.74, 6) is 0.836. The van der Waals surface area contributed by atoms with Crippen LogP contribution < -0.4 is 15.7 Å². The van der Waals surface area contributed by atoms with Crippen LogP contribution in [0.25, 0.3) is 0 Å². The van der Waals surface area contributed by atoms with Crippen molar-refractivity contribution in [3.05, 3.63) is 52.6 Å². The molecule has 1 fully saturated rings. The van der Waals surface area contributed by atoms with Gasteiger partial charge in [-0.15, -0.1) is 0 Å². The standard InChI is InChI=1S/C25H37N3O6Si/c1-8-19-20(34-35(6,7)25(2,3)4)15-22(33-19)28-14-13-21(26-23(28)29)27-24(30)32-16-17-9-11-18(31-5)12-10-17/h9-14,19-20,22H,8,15-16H2,1-7H3,(H,26,27,29,30)/t19-,20?,22-/m1/s1. The van der Waals surface area contributed by atoms with Crippen LogP contribution in [0.15, 0.2) is 41.3 Å². The number of hydrogen-bond acceptors (Lipinski definition) is 7. The molecule has 2 heterocycles. The number of anilines is 1. The van der Waals surface area contributed by atoms with Crippen LogP contribution in [0, 0.1) is 0 Å². The van der Waals surface area contributed by atoms with Gasteiger partial charge in [0.05, 0.1) is 19.3 Å². The zero-order valence-corrected chi connectivity index (χ0v) is 22.7. The Kier molecular flexibility index (Phi) is 8.40. The first-order valence-corrected chi connectivity index (χ1v) is 14.8. The van der Waals surface area contributed by atoms with E-state index in [1.54, 1.807) is 43.6 Å². The average Bonchev–Trinajstić information content (AvgIpc) is 3.19. The summed E-state index contributed by atoms with van der Waals surface area (Å²) < 4.78 is 24.6. The number of rotatable bonds is 8. The monoisotopic (exact) mass is 503 g/mol. The maximum Gasteiger partial charge on any atom is 0.413 e. The SMILES string of the molecule is CC[C@H]1O[C@@H](n2ccc(NC(=O)OCc3ccc(OC)cc3)nc2=O)CC1O[Si](C)(C)C(C)(C)C. The molecule has 3 atom stereocenters. The van der Waals surface area contributed by atoms with Crippen molar-refractivity contribution >= 4 is 20.2 Å². The van der Waals surface area contributed by atoms with Gasteiger partial charge in [-0.2, -0.15) is 4.98 Å². The van der Waals surface area contributed by atoms with E-state index in [4.69, 9.17) is 18.6 Å². The summed E-state index contributed by atoms with van der Waals surface area (Å²) in [6, 6.07) is 8.74. The van der Waals surface area contributed by atoms with Crippen LogP contribution in [0.3, 0.4) is 0 Å². The van der Waals surface area contributed by atoms with Gasteiger partial charge in [0.1, 0.15) is 24.4 Å². The van der Waals surface area contributed by atoms with Crippen molar-refractivity contribution in [2.45, 2.75) is 83.7 Å². The second kappa shape index (κ2) is 10.9. The Morgan fingerprint density at radius 3 is 2.49 bits per heavy atom. The molecule has 0 bridgehead atoms. The fourth-order valence-electron chi connectivity index (χ4n) is 3.63. The van der Waals surface area contributed by atoms with Gasteiger partial charge >= 0.3 is 11.8 Å². The molecule has 1 aliphatic rings. The molecule has 192 valence electrons. The van der Waals surface area contributed by atoms with E-state index in [0.717, 1.165) is 17.7 Å². The third kappa shape index (κ3) is 6.71. The maximum absolute atomic E-state index is 12.7. The van der Waals surface area contributed by atoms with Gasteiger partial charge in [-0.05, 0) is 48.3 Å². The van der Waals surface area contributed by atoms with Crippen LogP contribution in [0.4, 0.5) is 10.6 Å². The highest BCUT2D eigenvalue weighted by Crippen LogP contribution is 2.41. The Morgan fingerprint density at radius 2 is 1.91 bits per heavy atom. The number of carbonyl (C=O) groups excluding carboxylic acids is 1. The Balaban J connectivity index is 1.61. The number of benzene rings is 1. The third-order valence-corrected chi connectivity index (χ3v) is 11.2. The van der Waals surface area contributed by atoms with Crippen molar-refractivity contribution in [1.82, 2.24) is 9.55 Å². The summed E-state index contributed by atoms with van der Waals surface area (Å²) in [5.41, 5.74) is 0.299. The molecule has 9 nitrogen and oxygen atoms in total. The van der Waals surface area contributed by atoms with Gasteiger partial charge in [-0.3, -0.25) is 9.88 Å². The molecular formula is C25H37N3O6Si. The van der Waals surface area contributed by atoms with Crippen molar-refractivity contribution in [3.8, 4) is 5.75 Å². The highest BCUT2D eigenvalue weighted by Gasteiger charge is 2.44. The molecule has 1 amide bonds. The highest BCUT2D eigenvalue weighted by molar-refractivity contribution is 6.74. The van der Waals surface area contributed by atoms with E-state index in [-0.39, 0.29) is 29.7 Å². The van der Waals surface area contributed by atoms with Crippen molar-refractivity contribution in [3.63, 3.8) is 0 Å². The van der Waals surface area contributed by atoms with E-state index in [1.165, 1.54) is 4.57 Å². The molecule has 1 unspecified atom stereocenters. The Labute approximate surface area is 207 Å². The van der Waals surface area contributed by atoms with E-state index < -0.39 is 26.3 Å². The van der Waals surface area contributed by atoms with Crippen molar-refractivity contribution in [2.24, 2.45) is 0 Å². The first kappa shape index (κ1) is 26.9. The number of nitrogens with one attached hydrogen (secondary N) is 1. The highest BCUT2D eigenvalue weighted by atomic mass is 28.4. The number of aromatic nitrogens is 2. The number of carbonyl (C=O) groups is 1. The quantitative estimate of drug-likeness (QED) is 0.501. The molecule has 1 aromatic carbocycles. The largest absolute Gasteiger partial charge is 0.497 e. The Morgan fingerprint density at radius 1 is 1.23 bits per heavy atom. The second-order valence-corrected chi connectivity index (χ2v) is 15.0. The van der Waals surface area contributed by atoms with Gasteiger partial charge in [-0.1, -0.05) is 39.8 Å². The zero-order valence-electron chi connectivity index (χ0n) is 21.7. The van der Waals surface area contributed by atoms with Crippen molar-refractivity contribution in [1.29, 1.82) is 0 Å². The van der Waals surface area contributed by atoms with Crippen LogP contribution in [0.1, 0.15) is 52.3 Å². The number of methoxy groups -OCH3 is 1. The summed E-state index contributed by atoms with van der Waals surface area (Å²) in [6.45, 7) is 13.2. The van der Waals surface area contributed by atoms with Crippen LogP contribution >= 0.6 is 0 Å². The molecule has 1 aromatic heterocycles. The fourth-order valence-corrected chi connectivity index (χ4v) is 4.98. The van der Waals surface area contributed by atoms with Crippen LogP contribution in [-0.2, 0) is 20.5 Å². The third-order valence-electron chi connectivity index (χ3n) is 6.73. The van der Waals surface area contributed by atoms with E-state index in [9.17, 15) is 9.59 Å². The number of ether oxygens (including phenoxy) is 3. The smallest absolute Gasteiger partial charge is 0.413 e. The second-order valence-electron chi connectivity index (χ2n) is 10.2. The van der Waals surface area contributed by atoms with Crippen LogP contribution in [0.2, 0.25) is 18.1 Å². The van der Waals surface area contributed by atoms with Crippen LogP contribution in [-0.4, -0.2) is 43.3 Å². The summed E-state index contributed by atoms with van der Waals surface area (Å²) >= 11 is 0. The Hall–Kier alpha value is -2.69. The normalized spacial score (nSPS) is 20.5. The van der Waals surface area contributed by atoms with Crippen LogP contribution in [0.5, 0.6) is 5.75 Å². The number of amides is 1. The summed E-state index contributed by atoms with van der Waals surface area (Å²) in [5, 5.41) is 2.58. The molecule has 10 heteroatoms. The van der Waals surface area contributed by atoms with Crippen molar-refractivity contribution in [2.75, 3.05) is 12.4 Å². The average molecular weight is 504 g/mol. The fraction of sp³-hybridized carbons (Fsp3) is 0.560. The lowest BCUT2D eigenvalue weighted by Crippen LogP contribution is -2.45. The van der Waals surface area contributed by atoms with Gasteiger partial charge in [0.15, 0.2) is 8.32 Å².